The predicted octanol–water partition coefficient (Wildman–Crippen LogP) is 2.44. The number of amides is 1. The van der Waals surface area contributed by atoms with Crippen LogP contribution in [0, 0.1) is 6.92 Å². The summed E-state index contributed by atoms with van der Waals surface area (Å²) in [5, 5.41) is 0. The zero-order valence-corrected chi connectivity index (χ0v) is 17.7. The van der Waals surface area contributed by atoms with Gasteiger partial charge in [-0.1, -0.05) is 6.07 Å². The maximum atomic E-state index is 12.7. The maximum Gasteiger partial charge on any atom is 0.339 e. The Balaban J connectivity index is 2.26. The zero-order valence-electron chi connectivity index (χ0n) is 16.9. The van der Waals surface area contributed by atoms with Crippen LogP contribution in [-0.2, 0) is 19.6 Å². The number of aryl methyl sites for hydroxylation is 1. The number of rotatable bonds is 7. The summed E-state index contributed by atoms with van der Waals surface area (Å²) in [5.74, 6) is -0.553. The topological polar surface area (TPSA) is 102 Å². The van der Waals surface area contributed by atoms with Crippen LogP contribution >= 0.6 is 0 Å². The molecule has 0 fully saturated rings. The van der Waals surface area contributed by atoms with Crippen molar-refractivity contribution in [3.05, 3.63) is 53.6 Å². The molecule has 0 saturated carbocycles. The minimum atomic E-state index is -3.94. The number of nitrogens with one attached hydrogen (secondary N) is 1. The van der Waals surface area contributed by atoms with Gasteiger partial charge in [0.1, 0.15) is 5.75 Å². The van der Waals surface area contributed by atoms with Gasteiger partial charge in [0.2, 0.25) is 0 Å². The Morgan fingerprint density at radius 3 is 2.24 bits per heavy atom. The lowest BCUT2D eigenvalue weighted by molar-refractivity contribution is -0.137. The van der Waals surface area contributed by atoms with E-state index in [1.54, 1.807) is 45.3 Å². The molecule has 2 aromatic rings. The number of nitrogens with zero attached hydrogens (tertiary/aromatic N) is 1. The van der Waals surface area contributed by atoms with Crippen LogP contribution in [0.4, 0.5) is 5.69 Å². The summed E-state index contributed by atoms with van der Waals surface area (Å²) in [6.07, 6.45) is -0.991. The van der Waals surface area contributed by atoms with Crippen molar-refractivity contribution in [3.63, 3.8) is 0 Å². The average molecular weight is 420 g/mol. The largest absolute Gasteiger partial charge is 0.497 e. The first kappa shape index (κ1) is 22.2. The van der Waals surface area contributed by atoms with E-state index in [1.807, 2.05) is 0 Å². The van der Waals surface area contributed by atoms with E-state index in [2.05, 4.69) is 4.72 Å². The molecule has 9 heteroatoms. The van der Waals surface area contributed by atoms with Gasteiger partial charge in [0.15, 0.2) is 6.10 Å². The molecule has 8 nitrogen and oxygen atoms in total. The molecule has 2 aromatic carbocycles. The Labute approximate surface area is 170 Å². The Morgan fingerprint density at radius 1 is 1.07 bits per heavy atom. The van der Waals surface area contributed by atoms with Crippen LogP contribution in [0.25, 0.3) is 0 Å². The first-order valence-corrected chi connectivity index (χ1v) is 10.2. The van der Waals surface area contributed by atoms with Gasteiger partial charge >= 0.3 is 5.97 Å². The standard InChI is InChI=1S/C20H24N2O6S/c1-13-6-11-17(12-18(13)20(24)28-14(2)19(23)22(3)4)29(25,26)21-15-7-9-16(27-5)10-8-15/h6-12,14,21H,1-5H3/t14-/m0/s1. The van der Waals surface area contributed by atoms with Crippen LogP contribution < -0.4 is 9.46 Å². The van der Waals surface area contributed by atoms with Crippen LogP contribution in [0.15, 0.2) is 47.4 Å². The Kier molecular flexibility index (Phi) is 6.86. The molecule has 0 aliphatic carbocycles. The average Bonchev–Trinajstić information content (AvgIpc) is 2.67. The summed E-state index contributed by atoms with van der Waals surface area (Å²) in [6.45, 7) is 3.11. The Hall–Kier alpha value is -3.07. The first-order valence-electron chi connectivity index (χ1n) is 8.75. The van der Waals surface area contributed by atoms with Gasteiger partial charge in [0, 0.05) is 19.8 Å². The van der Waals surface area contributed by atoms with E-state index in [0.29, 0.717) is 17.0 Å². The highest BCUT2D eigenvalue weighted by molar-refractivity contribution is 7.92. The lowest BCUT2D eigenvalue weighted by atomic mass is 10.1. The number of esters is 1. The second kappa shape index (κ2) is 8.95. The van der Waals surface area contributed by atoms with Gasteiger partial charge in [-0.25, -0.2) is 13.2 Å². The quantitative estimate of drug-likeness (QED) is 0.691. The Morgan fingerprint density at radius 2 is 1.69 bits per heavy atom. The summed E-state index contributed by atoms with van der Waals surface area (Å²) in [4.78, 5) is 25.6. The zero-order chi connectivity index (χ0) is 21.8. The third-order valence-corrected chi connectivity index (χ3v) is 5.53. The van der Waals surface area contributed by atoms with Crippen LogP contribution in [0.1, 0.15) is 22.8 Å². The molecular weight excluding hydrogens is 396 g/mol. The van der Waals surface area contributed by atoms with E-state index < -0.39 is 22.1 Å². The van der Waals surface area contributed by atoms with Crippen molar-refractivity contribution in [2.45, 2.75) is 24.8 Å². The number of likely N-dealkylation sites (N-methyl/N-ethyl adjacent to an activating group) is 1. The van der Waals surface area contributed by atoms with Crippen LogP contribution in [0.3, 0.4) is 0 Å². The smallest absolute Gasteiger partial charge is 0.339 e. The molecule has 0 heterocycles. The lowest BCUT2D eigenvalue weighted by Gasteiger charge is -2.18. The van der Waals surface area contributed by atoms with Crippen molar-refractivity contribution in [2.75, 3.05) is 25.9 Å². The van der Waals surface area contributed by atoms with Gasteiger partial charge in [0.25, 0.3) is 15.9 Å². The summed E-state index contributed by atoms with van der Waals surface area (Å²) in [6, 6.07) is 10.5. The number of sulfonamides is 1. The minimum absolute atomic E-state index is 0.0704. The molecule has 0 aliphatic heterocycles. The number of ether oxygens (including phenoxy) is 2. The van der Waals surface area contributed by atoms with Crippen LogP contribution in [0.2, 0.25) is 0 Å². The second-order valence-corrected chi connectivity index (χ2v) is 8.27. The number of benzene rings is 2. The third-order valence-electron chi connectivity index (χ3n) is 4.15. The third kappa shape index (κ3) is 5.47. The molecule has 1 N–H and O–H groups in total. The molecule has 0 unspecified atom stereocenters. The van der Waals surface area contributed by atoms with Gasteiger partial charge in [-0.15, -0.1) is 0 Å². The van der Waals surface area contributed by atoms with E-state index in [0.717, 1.165) is 0 Å². The highest BCUT2D eigenvalue weighted by Crippen LogP contribution is 2.22. The predicted molar refractivity (Wildman–Crippen MR) is 109 cm³/mol. The van der Waals surface area contributed by atoms with E-state index in [4.69, 9.17) is 9.47 Å². The van der Waals surface area contributed by atoms with E-state index in [1.165, 1.54) is 37.1 Å². The van der Waals surface area contributed by atoms with Gasteiger partial charge in [0.05, 0.1) is 17.6 Å². The number of carbonyl (C=O) groups is 2. The lowest BCUT2D eigenvalue weighted by Crippen LogP contribution is -2.35. The normalized spacial score (nSPS) is 12.0. The fourth-order valence-electron chi connectivity index (χ4n) is 2.50. The second-order valence-electron chi connectivity index (χ2n) is 6.59. The van der Waals surface area contributed by atoms with Gasteiger partial charge < -0.3 is 14.4 Å². The van der Waals surface area contributed by atoms with Gasteiger partial charge in [-0.2, -0.15) is 0 Å². The van der Waals surface area contributed by atoms with E-state index in [9.17, 15) is 18.0 Å². The molecule has 2 rings (SSSR count). The fourth-order valence-corrected chi connectivity index (χ4v) is 3.58. The molecule has 0 aliphatic rings. The van der Waals surface area contributed by atoms with Crippen molar-refractivity contribution in [3.8, 4) is 5.75 Å². The molecule has 0 radical (unpaired) electrons. The number of anilines is 1. The van der Waals surface area contributed by atoms with Gasteiger partial charge in [-0.3, -0.25) is 9.52 Å². The van der Waals surface area contributed by atoms with E-state index >= 15 is 0 Å². The van der Waals surface area contributed by atoms with Crippen molar-refractivity contribution in [2.24, 2.45) is 0 Å². The SMILES string of the molecule is COc1ccc(NS(=O)(=O)c2ccc(C)c(C(=O)O[C@@H](C)C(=O)N(C)C)c2)cc1. The molecule has 1 amide bonds. The van der Waals surface area contributed by atoms with Crippen molar-refractivity contribution < 1.29 is 27.5 Å². The fraction of sp³-hybridized carbons (Fsp3) is 0.300. The number of methoxy groups -OCH3 is 1. The van der Waals surface area contributed by atoms with Crippen LogP contribution in [0.5, 0.6) is 5.75 Å². The molecule has 0 spiro atoms. The number of hydrogen-bond donors (Lipinski definition) is 1. The summed E-state index contributed by atoms with van der Waals surface area (Å²) in [7, 11) is 0.678. The molecule has 0 bridgehead atoms. The first-order chi connectivity index (χ1) is 13.5. The summed E-state index contributed by atoms with van der Waals surface area (Å²) in [5.41, 5.74) is 0.949. The molecule has 156 valence electrons. The highest BCUT2D eigenvalue weighted by Gasteiger charge is 2.23. The van der Waals surface area contributed by atoms with Crippen molar-refractivity contribution in [1.82, 2.24) is 4.90 Å². The monoisotopic (exact) mass is 420 g/mol. The highest BCUT2D eigenvalue weighted by atomic mass is 32.2. The van der Waals surface area contributed by atoms with Crippen LogP contribution in [-0.4, -0.2) is 52.5 Å². The molecule has 1 atom stereocenters. The minimum Gasteiger partial charge on any atom is -0.497 e. The summed E-state index contributed by atoms with van der Waals surface area (Å²) >= 11 is 0. The summed E-state index contributed by atoms with van der Waals surface area (Å²) < 4.78 is 38.1. The van der Waals surface area contributed by atoms with E-state index in [-0.39, 0.29) is 16.4 Å². The molecule has 0 saturated heterocycles. The van der Waals surface area contributed by atoms with Crippen molar-refractivity contribution >= 4 is 27.6 Å². The maximum absolute atomic E-state index is 12.7. The van der Waals surface area contributed by atoms with Crippen molar-refractivity contribution in [1.29, 1.82) is 0 Å². The van der Waals surface area contributed by atoms with Gasteiger partial charge in [-0.05, 0) is 55.8 Å². The molecule has 29 heavy (non-hydrogen) atoms. The molecule has 0 aromatic heterocycles. The molecular formula is C20H24N2O6S. The Bertz CT molecular complexity index is 1000. The number of carbonyl (C=O) groups excluding carboxylic acids is 2. The number of hydrogen-bond acceptors (Lipinski definition) is 6.